The highest BCUT2D eigenvalue weighted by molar-refractivity contribution is 5.40. The zero-order valence-corrected chi connectivity index (χ0v) is 9.80. The van der Waals surface area contributed by atoms with Gasteiger partial charge in [-0.3, -0.25) is 10.1 Å². The van der Waals surface area contributed by atoms with Crippen LogP contribution in [-0.2, 0) is 6.54 Å². The number of rotatable bonds is 5. The quantitative estimate of drug-likeness (QED) is 0.618. The third-order valence-corrected chi connectivity index (χ3v) is 3.20. The highest BCUT2D eigenvalue weighted by Crippen LogP contribution is 2.26. The van der Waals surface area contributed by atoms with E-state index in [1.165, 1.54) is 12.1 Å². The Morgan fingerprint density at radius 3 is 2.83 bits per heavy atom. The van der Waals surface area contributed by atoms with Crippen LogP contribution in [0.5, 0.6) is 0 Å². The van der Waals surface area contributed by atoms with Crippen LogP contribution in [0.4, 0.5) is 10.1 Å². The second kappa shape index (κ2) is 5.41. The summed E-state index contributed by atoms with van der Waals surface area (Å²) in [7, 11) is 0. The number of hydrogen-bond acceptors (Lipinski definition) is 4. The standard InChI is InChI=1S/C12H15FN2O3/c13-10-1-2-12(15(17)18)9(5-10)7-14-6-8-3-11(16)4-8/h1-2,5,8,11,14,16H,3-4,6-7H2. The summed E-state index contributed by atoms with van der Waals surface area (Å²) in [6.07, 6.45) is 1.32. The Morgan fingerprint density at radius 2 is 2.22 bits per heavy atom. The predicted molar refractivity (Wildman–Crippen MR) is 63.5 cm³/mol. The average molecular weight is 254 g/mol. The van der Waals surface area contributed by atoms with Gasteiger partial charge < -0.3 is 10.4 Å². The fraction of sp³-hybridized carbons (Fsp3) is 0.500. The Kier molecular flexibility index (Phi) is 3.88. The number of nitro benzene ring substituents is 1. The lowest BCUT2D eigenvalue weighted by Gasteiger charge is -2.31. The van der Waals surface area contributed by atoms with Crippen LogP contribution in [0.15, 0.2) is 18.2 Å². The van der Waals surface area contributed by atoms with Gasteiger partial charge in [0.2, 0.25) is 0 Å². The Balaban J connectivity index is 1.91. The minimum Gasteiger partial charge on any atom is -0.393 e. The lowest BCUT2D eigenvalue weighted by Crippen LogP contribution is -2.35. The maximum absolute atomic E-state index is 13.0. The molecule has 0 atom stereocenters. The van der Waals surface area contributed by atoms with E-state index in [9.17, 15) is 14.5 Å². The fourth-order valence-electron chi connectivity index (χ4n) is 2.15. The lowest BCUT2D eigenvalue weighted by atomic mass is 9.82. The third-order valence-electron chi connectivity index (χ3n) is 3.20. The molecule has 0 radical (unpaired) electrons. The zero-order valence-electron chi connectivity index (χ0n) is 9.80. The summed E-state index contributed by atoms with van der Waals surface area (Å²) in [5.74, 6) is -0.0657. The van der Waals surface area contributed by atoms with Gasteiger partial charge in [-0.15, -0.1) is 0 Å². The third kappa shape index (κ3) is 3.02. The van der Waals surface area contributed by atoms with E-state index in [0.717, 1.165) is 18.9 Å². The smallest absolute Gasteiger partial charge is 0.274 e. The minimum atomic E-state index is -0.510. The summed E-state index contributed by atoms with van der Waals surface area (Å²) in [4.78, 5) is 10.3. The number of aliphatic hydroxyl groups is 1. The highest BCUT2D eigenvalue weighted by atomic mass is 19.1. The van der Waals surface area contributed by atoms with Gasteiger partial charge in [0.15, 0.2) is 0 Å². The molecule has 0 saturated heterocycles. The number of nitro groups is 1. The molecule has 1 aromatic carbocycles. The number of aliphatic hydroxyl groups excluding tert-OH is 1. The molecule has 5 nitrogen and oxygen atoms in total. The molecule has 0 aliphatic heterocycles. The largest absolute Gasteiger partial charge is 0.393 e. The van der Waals surface area contributed by atoms with Crippen LogP contribution >= 0.6 is 0 Å². The molecule has 1 aromatic rings. The van der Waals surface area contributed by atoms with E-state index in [0.29, 0.717) is 18.0 Å². The first-order chi connectivity index (χ1) is 8.56. The molecule has 0 spiro atoms. The second-order valence-electron chi connectivity index (χ2n) is 4.65. The summed E-state index contributed by atoms with van der Waals surface area (Å²) < 4.78 is 13.0. The monoisotopic (exact) mass is 254 g/mol. The topological polar surface area (TPSA) is 75.4 Å². The molecular formula is C12H15FN2O3. The van der Waals surface area contributed by atoms with Gasteiger partial charge in [-0.25, -0.2) is 4.39 Å². The molecule has 1 fully saturated rings. The van der Waals surface area contributed by atoms with E-state index in [2.05, 4.69) is 5.32 Å². The van der Waals surface area contributed by atoms with Gasteiger partial charge in [0, 0.05) is 18.2 Å². The van der Waals surface area contributed by atoms with Crippen LogP contribution in [0.3, 0.4) is 0 Å². The van der Waals surface area contributed by atoms with Crippen LogP contribution in [0.25, 0.3) is 0 Å². The number of hydrogen-bond donors (Lipinski definition) is 2. The predicted octanol–water partition coefficient (Wildman–Crippen LogP) is 1.59. The van der Waals surface area contributed by atoms with Crippen LogP contribution in [0.2, 0.25) is 0 Å². The van der Waals surface area contributed by atoms with E-state index in [-0.39, 0.29) is 18.3 Å². The van der Waals surface area contributed by atoms with Crippen molar-refractivity contribution in [1.29, 1.82) is 0 Å². The van der Waals surface area contributed by atoms with Crippen LogP contribution in [0.1, 0.15) is 18.4 Å². The van der Waals surface area contributed by atoms with Crippen LogP contribution in [0, 0.1) is 21.8 Å². The SMILES string of the molecule is O=[N+]([O-])c1ccc(F)cc1CNCC1CC(O)C1. The first-order valence-corrected chi connectivity index (χ1v) is 5.88. The summed E-state index contributed by atoms with van der Waals surface area (Å²) in [6.45, 7) is 0.950. The highest BCUT2D eigenvalue weighted by Gasteiger charge is 2.26. The lowest BCUT2D eigenvalue weighted by molar-refractivity contribution is -0.385. The average Bonchev–Trinajstić information content (AvgIpc) is 2.26. The first kappa shape index (κ1) is 12.9. The number of halogens is 1. The molecule has 1 aliphatic rings. The molecule has 18 heavy (non-hydrogen) atoms. The van der Waals surface area contributed by atoms with Gasteiger partial charge in [0.25, 0.3) is 5.69 Å². The zero-order chi connectivity index (χ0) is 13.1. The van der Waals surface area contributed by atoms with Gasteiger partial charge >= 0.3 is 0 Å². The Bertz CT molecular complexity index is 447. The fourth-order valence-corrected chi connectivity index (χ4v) is 2.15. The number of benzene rings is 1. The maximum atomic E-state index is 13.0. The van der Waals surface area contributed by atoms with E-state index in [1.807, 2.05) is 0 Å². The Morgan fingerprint density at radius 1 is 1.50 bits per heavy atom. The Labute approximate surface area is 104 Å². The molecule has 1 aliphatic carbocycles. The van der Waals surface area contributed by atoms with Gasteiger partial charge in [-0.2, -0.15) is 0 Å². The summed E-state index contributed by atoms with van der Waals surface area (Å²) in [6, 6.07) is 3.45. The van der Waals surface area contributed by atoms with Crippen molar-refractivity contribution in [3.05, 3.63) is 39.7 Å². The minimum absolute atomic E-state index is 0.0717. The molecule has 0 heterocycles. The molecule has 1 saturated carbocycles. The normalized spacial score (nSPS) is 22.6. The van der Waals surface area contributed by atoms with Crippen molar-refractivity contribution in [3.63, 3.8) is 0 Å². The van der Waals surface area contributed by atoms with Crippen LogP contribution in [-0.4, -0.2) is 22.7 Å². The van der Waals surface area contributed by atoms with E-state index in [4.69, 9.17) is 5.11 Å². The van der Waals surface area contributed by atoms with Gasteiger partial charge in [-0.1, -0.05) is 0 Å². The van der Waals surface area contributed by atoms with Crippen molar-refractivity contribution in [2.45, 2.75) is 25.5 Å². The number of nitrogens with one attached hydrogen (secondary N) is 1. The van der Waals surface area contributed by atoms with E-state index in [1.54, 1.807) is 0 Å². The molecule has 0 aromatic heterocycles. The van der Waals surface area contributed by atoms with Gasteiger partial charge in [0.05, 0.1) is 11.0 Å². The van der Waals surface area contributed by atoms with Crippen molar-refractivity contribution >= 4 is 5.69 Å². The molecule has 2 rings (SSSR count). The van der Waals surface area contributed by atoms with E-state index < -0.39 is 10.7 Å². The summed E-state index contributed by atoms with van der Waals surface area (Å²) >= 11 is 0. The first-order valence-electron chi connectivity index (χ1n) is 5.88. The molecule has 98 valence electrons. The van der Waals surface area contributed by atoms with Gasteiger partial charge in [0.1, 0.15) is 5.82 Å². The molecule has 6 heteroatoms. The second-order valence-corrected chi connectivity index (χ2v) is 4.65. The summed E-state index contributed by atoms with van der Waals surface area (Å²) in [5, 5.41) is 22.9. The van der Waals surface area contributed by atoms with Gasteiger partial charge in [-0.05, 0) is 37.4 Å². The van der Waals surface area contributed by atoms with Crippen molar-refractivity contribution in [2.75, 3.05) is 6.54 Å². The Hall–Kier alpha value is -1.53. The molecule has 0 bridgehead atoms. The van der Waals surface area contributed by atoms with E-state index >= 15 is 0 Å². The van der Waals surface area contributed by atoms with Crippen molar-refractivity contribution in [3.8, 4) is 0 Å². The van der Waals surface area contributed by atoms with Crippen molar-refractivity contribution in [1.82, 2.24) is 5.32 Å². The van der Waals surface area contributed by atoms with Crippen molar-refractivity contribution < 1.29 is 14.4 Å². The van der Waals surface area contributed by atoms with Crippen LogP contribution < -0.4 is 5.32 Å². The van der Waals surface area contributed by atoms with Crippen molar-refractivity contribution in [2.24, 2.45) is 5.92 Å². The molecule has 2 N–H and O–H groups in total. The molecule has 0 amide bonds. The molecule has 0 unspecified atom stereocenters. The number of nitrogens with zero attached hydrogens (tertiary/aromatic N) is 1. The molecular weight excluding hydrogens is 239 g/mol. The summed E-state index contributed by atoms with van der Waals surface area (Å²) in [5.41, 5.74) is 0.275. The maximum Gasteiger partial charge on any atom is 0.274 e.